The Hall–Kier alpha value is -2.58. The normalized spacial score (nSPS) is 11.4. The van der Waals surface area contributed by atoms with Crippen molar-refractivity contribution < 1.29 is 5.11 Å². The molecule has 0 amide bonds. The number of rotatable bonds is 2. The highest BCUT2D eigenvalue weighted by molar-refractivity contribution is 7.80. The molecule has 0 bridgehead atoms. The first-order chi connectivity index (χ1) is 11.4. The molecule has 6 nitrogen and oxygen atoms in total. The van der Waals surface area contributed by atoms with Crippen LogP contribution in [0.4, 0.5) is 28.4 Å². The molecule has 0 aliphatic rings. The largest absolute Gasteiger partial charge is 0.505 e. The number of hydrogen-bond acceptors (Lipinski definition) is 8. The number of thiol groups is 2. The Bertz CT molecular complexity index is 971. The summed E-state index contributed by atoms with van der Waals surface area (Å²) in [7, 11) is 0. The van der Waals surface area contributed by atoms with E-state index in [4.69, 9.17) is 17.2 Å². The lowest BCUT2D eigenvalue weighted by atomic mass is 10.1. The topological polar surface area (TPSA) is 123 Å². The number of benzene rings is 3. The highest BCUT2D eigenvalue weighted by Gasteiger charge is 2.16. The number of nitrogens with zero attached hydrogens (tertiary/aromatic N) is 2. The van der Waals surface area contributed by atoms with Crippen LogP contribution >= 0.6 is 25.3 Å². The van der Waals surface area contributed by atoms with Gasteiger partial charge < -0.3 is 22.3 Å². The van der Waals surface area contributed by atoms with Crippen LogP contribution in [0.2, 0.25) is 0 Å². The second kappa shape index (κ2) is 6.14. The molecular formula is C16H15N5OS2. The summed E-state index contributed by atoms with van der Waals surface area (Å²) in [6, 6.07) is 10.2. The summed E-state index contributed by atoms with van der Waals surface area (Å²) < 4.78 is 0. The van der Waals surface area contributed by atoms with E-state index in [9.17, 15) is 5.11 Å². The lowest BCUT2D eigenvalue weighted by Gasteiger charge is -2.12. The molecule has 0 spiro atoms. The molecule has 3 rings (SSSR count). The van der Waals surface area contributed by atoms with Gasteiger partial charge in [0.25, 0.3) is 0 Å². The Morgan fingerprint density at radius 2 is 1.54 bits per heavy atom. The number of phenolic OH excluding ortho intramolecular Hbond substituents is 1. The molecule has 0 fully saturated rings. The summed E-state index contributed by atoms with van der Waals surface area (Å²) in [4.78, 5) is 1.03. The summed E-state index contributed by atoms with van der Waals surface area (Å²) in [6.07, 6.45) is 0. The Morgan fingerprint density at radius 3 is 2.21 bits per heavy atom. The van der Waals surface area contributed by atoms with Crippen LogP contribution in [0, 0.1) is 0 Å². The van der Waals surface area contributed by atoms with Crippen LogP contribution in [-0.4, -0.2) is 5.11 Å². The van der Waals surface area contributed by atoms with Gasteiger partial charge in [-0.2, -0.15) is 5.11 Å². The van der Waals surface area contributed by atoms with E-state index >= 15 is 0 Å². The molecule has 3 aromatic rings. The molecule has 0 aliphatic carbocycles. The average Bonchev–Trinajstić information content (AvgIpc) is 2.54. The molecule has 0 radical (unpaired) electrons. The lowest BCUT2D eigenvalue weighted by Crippen LogP contribution is -1.96. The van der Waals surface area contributed by atoms with Gasteiger partial charge in [0.2, 0.25) is 0 Å². The third-order valence-electron chi connectivity index (χ3n) is 3.56. The van der Waals surface area contributed by atoms with Gasteiger partial charge >= 0.3 is 0 Å². The SMILES string of the molecule is Nc1ccc(/N=N/c2c(S)cc3c(S)cc(N)c(N)c3c2O)cc1. The van der Waals surface area contributed by atoms with Crippen molar-refractivity contribution in [3.8, 4) is 5.75 Å². The number of nitrogen functional groups attached to an aromatic ring is 3. The fourth-order valence-electron chi connectivity index (χ4n) is 2.31. The minimum absolute atomic E-state index is 0.142. The van der Waals surface area contributed by atoms with E-state index in [1.54, 1.807) is 36.4 Å². The molecule has 24 heavy (non-hydrogen) atoms. The van der Waals surface area contributed by atoms with Gasteiger partial charge in [-0.05, 0) is 36.4 Å². The smallest absolute Gasteiger partial charge is 0.154 e. The maximum Gasteiger partial charge on any atom is 0.154 e. The Kier molecular flexibility index (Phi) is 4.16. The zero-order valence-corrected chi connectivity index (χ0v) is 14.2. The van der Waals surface area contributed by atoms with Crippen molar-refractivity contribution in [3.05, 3.63) is 36.4 Å². The van der Waals surface area contributed by atoms with Crippen LogP contribution in [-0.2, 0) is 0 Å². The number of azo groups is 1. The molecular weight excluding hydrogens is 342 g/mol. The molecule has 0 heterocycles. The third kappa shape index (κ3) is 2.81. The van der Waals surface area contributed by atoms with Crippen LogP contribution in [0.25, 0.3) is 10.8 Å². The number of phenols is 1. The van der Waals surface area contributed by atoms with Gasteiger partial charge in [0.05, 0.1) is 22.4 Å². The van der Waals surface area contributed by atoms with E-state index in [2.05, 4.69) is 35.5 Å². The maximum atomic E-state index is 10.6. The molecule has 0 atom stereocenters. The van der Waals surface area contributed by atoms with E-state index in [1.165, 1.54) is 0 Å². The van der Waals surface area contributed by atoms with Gasteiger partial charge in [0.1, 0.15) is 5.69 Å². The number of fused-ring (bicyclic) bond motifs is 1. The second-order valence-corrected chi connectivity index (χ2v) is 6.17. The molecule has 0 aromatic heterocycles. The van der Waals surface area contributed by atoms with Gasteiger partial charge in [0, 0.05) is 20.9 Å². The van der Waals surface area contributed by atoms with Crippen LogP contribution < -0.4 is 17.2 Å². The van der Waals surface area contributed by atoms with E-state index in [-0.39, 0.29) is 17.1 Å². The van der Waals surface area contributed by atoms with Crippen LogP contribution in [0.3, 0.4) is 0 Å². The summed E-state index contributed by atoms with van der Waals surface area (Å²) in [6.45, 7) is 0. The number of aromatic hydroxyl groups is 1. The first-order valence-electron chi connectivity index (χ1n) is 6.91. The molecule has 0 saturated heterocycles. The molecule has 0 unspecified atom stereocenters. The first-order valence-corrected chi connectivity index (χ1v) is 7.80. The van der Waals surface area contributed by atoms with Crippen molar-refractivity contribution in [1.82, 2.24) is 0 Å². The van der Waals surface area contributed by atoms with Gasteiger partial charge in [-0.25, -0.2) is 0 Å². The van der Waals surface area contributed by atoms with Crippen molar-refractivity contribution in [3.63, 3.8) is 0 Å². The maximum absolute atomic E-state index is 10.6. The predicted molar refractivity (Wildman–Crippen MR) is 104 cm³/mol. The lowest BCUT2D eigenvalue weighted by molar-refractivity contribution is 0.481. The number of nitrogens with two attached hydrogens (primary N) is 3. The van der Waals surface area contributed by atoms with Gasteiger partial charge in [0.15, 0.2) is 5.75 Å². The summed E-state index contributed by atoms with van der Waals surface area (Å²) >= 11 is 8.74. The van der Waals surface area contributed by atoms with Crippen molar-refractivity contribution in [2.45, 2.75) is 9.79 Å². The Morgan fingerprint density at radius 1 is 0.875 bits per heavy atom. The first kappa shape index (κ1) is 16.3. The second-order valence-electron chi connectivity index (χ2n) is 5.21. The fraction of sp³-hybridized carbons (Fsp3) is 0. The molecule has 7 N–H and O–H groups in total. The highest BCUT2D eigenvalue weighted by Crippen LogP contribution is 2.46. The Balaban J connectivity index is 2.18. The van der Waals surface area contributed by atoms with Crippen LogP contribution in [0.1, 0.15) is 0 Å². The molecule has 0 saturated carbocycles. The summed E-state index contributed by atoms with van der Waals surface area (Å²) in [5.41, 5.74) is 19.5. The van der Waals surface area contributed by atoms with E-state index in [1.807, 2.05) is 0 Å². The summed E-state index contributed by atoms with van der Waals surface area (Å²) in [5, 5.41) is 19.8. The molecule has 122 valence electrons. The number of anilines is 3. The minimum atomic E-state index is -0.142. The molecule has 0 aliphatic heterocycles. The zero-order chi connectivity index (χ0) is 17.4. The van der Waals surface area contributed by atoms with E-state index < -0.39 is 0 Å². The van der Waals surface area contributed by atoms with Crippen LogP contribution in [0.5, 0.6) is 5.75 Å². The van der Waals surface area contributed by atoms with Crippen molar-refractivity contribution in [1.29, 1.82) is 0 Å². The molecule has 8 heteroatoms. The van der Waals surface area contributed by atoms with Crippen molar-refractivity contribution >= 4 is 64.5 Å². The average molecular weight is 357 g/mol. The van der Waals surface area contributed by atoms with Crippen molar-refractivity contribution in [2.24, 2.45) is 10.2 Å². The van der Waals surface area contributed by atoms with E-state index in [0.29, 0.717) is 37.6 Å². The third-order valence-corrected chi connectivity index (χ3v) is 4.27. The zero-order valence-electron chi connectivity index (χ0n) is 12.4. The predicted octanol–water partition coefficient (Wildman–Crippen LogP) is 4.28. The monoisotopic (exact) mass is 357 g/mol. The van der Waals surface area contributed by atoms with Crippen LogP contribution in [0.15, 0.2) is 56.4 Å². The van der Waals surface area contributed by atoms with Gasteiger partial charge in [-0.3, -0.25) is 0 Å². The number of hydrogen-bond donors (Lipinski definition) is 6. The molecule has 3 aromatic carbocycles. The van der Waals surface area contributed by atoms with E-state index in [0.717, 1.165) is 0 Å². The van der Waals surface area contributed by atoms with Gasteiger partial charge in [-0.15, -0.1) is 30.4 Å². The van der Waals surface area contributed by atoms with Crippen molar-refractivity contribution in [2.75, 3.05) is 17.2 Å². The standard InChI is InChI=1S/C16H15N5OS2/c17-7-1-3-8(4-2-7)20-21-15-12(24)5-9-11(23)6-10(18)14(19)13(9)16(15)22/h1-6,22-24H,17-19H2/b21-20+. The Labute approximate surface area is 149 Å². The van der Waals surface area contributed by atoms with Gasteiger partial charge in [-0.1, -0.05) is 0 Å². The summed E-state index contributed by atoms with van der Waals surface area (Å²) in [5.74, 6) is -0.142. The quantitative estimate of drug-likeness (QED) is 0.233. The minimum Gasteiger partial charge on any atom is -0.505 e. The highest BCUT2D eigenvalue weighted by atomic mass is 32.1. The fourth-order valence-corrected chi connectivity index (χ4v) is 2.91.